The maximum Gasteiger partial charge on any atom is 0.335 e. The Kier molecular flexibility index (Phi) is 2.28. The van der Waals surface area contributed by atoms with Gasteiger partial charge in [0, 0.05) is 10.8 Å². The van der Waals surface area contributed by atoms with E-state index in [1.54, 1.807) is 0 Å². The Morgan fingerprint density at radius 1 is 1.40 bits per heavy atom. The molecule has 2 rings (SSSR count). The van der Waals surface area contributed by atoms with Gasteiger partial charge in [-0.1, -0.05) is 17.7 Å². The SMILES string of the molecule is O=C(O)c1ccc2c(F)cnc(Cl)c2c1. The van der Waals surface area contributed by atoms with E-state index in [1.165, 1.54) is 18.2 Å². The Labute approximate surface area is 89.1 Å². The van der Waals surface area contributed by atoms with Gasteiger partial charge in [0.25, 0.3) is 0 Å². The highest BCUT2D eigenvalue weighted by molar-refractivity contribution is 6.34. The van der Waals surface area contributed by atoms with Crippen molar-refractivity contribution in [2.75, 3.05) is 0 Å². The number of carboxylic acid groups (broad SMARTS) is 1. The van der Waals surface area contributed by atoms with Gasteiger partial charge < -0.3 is 5.11 Å². The Morgan fingerprint density at radius 3 is 2.80 bits per heavy atom. The summed E-state index contributed by atoms with van der Waals surface area (Å²) >= 11 is 5.73. The van der Waals surface area contributed by atoms with Crippen LogP contribution < -0.4 is 0 Å². The summed E-state index contributed by atoms with van der Waals surface area (Å²) in [5, 5.41) is 9.41. The quantitative estimate of drug-likeness (QED) is 0.760. The average Bonchev–Trinajstić information content (AvgIpc) is 2.23. The first-order chi connectivity index (χ1) is 7.09. The number of carbonyl (C=O) groups is 1. The summed E-state index contributed by atoms with van der Waals surface area (Å²) < 4.78 is 13.2. The third-order valence-electron chi connectivity index (χ3n) is 2.04. The molecular weight excluding hydrogens is 221 g/mol. The molecule has 2 aromatic rings. The van der Waals surface area contributed by atoms with Gasteiger partial charge in [-0.3, -0.25) is 0 Å². The van der Waals surface area contributed by atoms with Crippen LogP contribution in [0, 0.1) is 5.82 Å². The Morgan fingerprint density at radius 2 is 2.13 bits per heavy atom. The lowest BCUT2D eigenvalue weighted by atomic mass is 10.1. The summed E-state index contributed by atoms with van der Waals surface area (Å²) in [5.41, 5.74) is 0.0526. The molecule has 0 fully saturated rings. The first-order valence-corrected chi connectivity index (χ1v) is 4.44. The Hall–Kier alpha value is -1.68. The fraction of sp³-hybridized carbons (Fsp3) is 0. The number of hydrogen-bond donors (Lipinski definition) is 1. The topological polar surface area (TPSA) is 50.2 Å². The monoisotopic (exact) mass is 225 g/mol. The molecule has 0 atom stereocenters. The maximum atomic E-state index is 13.2. The van der Waals surface area contributed by atoms with E-state index in [2.05, 4.69) is 4.98 Å². The van der Waals surface area contributed by atoms with Gasteiger partial charge in [0.15, 0.2) is 0 Å². The van der Waals surface area contributed by atoms with Gasteiger partial charge in [0.1, 0.15) is 11.0 Å². The molecule has 0 radical (unpaired) electrons. The summed E-state index contributed by atoms with van der Waals surface area (Å²) in [7, 11) is 0. The molecule has 5 heteroatoms. The summed E-state index contributed by atoms with van der Waals surface area (Å²) in [6, 6.07) is 4.00. The number of aromatic nitrogens is 1. The van der Waals surface area contributed by atoms with E-state index in [0.29, 0.717) is 5.39 Å². The molecule has 0 saturated heterocycles. The van der Waals surface area contributed by atoms with E-state index < -0.39 is 11.8 Å². The first-order valence-electron chi connectivity index (χ1n) is 4.06. The smallest absolute Gasteiger partial charge is 0.335 e. The van der Waals surface area contributed by atoms with E-state index in [9.17, 15) is 9.18 Å². The number of hydrogen-bond acceptors (Lipinski definition) is 2. The second kappa shape index (κ2) is 3.47. The van der Waals surface area contributed by atoms with Crippen LogP contribution in [0.4, 0.5) is 4.39 Å². The van der Waals surface area contributed by atoms with E-state index in [4.69, 9.17) is 16.7 Å². The van der Waals surface area contributed by atoms with E-state index in [-0.39, 0.29) is 16.1 Å². The van der Waals surface area contributed by atoms with E-state index in [1.807, 2.05) is 0 Å². The summed E-state index contributed by atoms with van der Waals surface area (Å²) in [4.78, 5) is 14.3. The minimum Gasteiger partial charge on any atom is -0.478 e. The highest BCUT2D eigenvalue weighted by Gasteiger charge is 2.09. The number of pyridine rings is 1. The third-order valence-corrected chi connectivity index (χ3v) is 2.34. The van der Waals surface area contributed by atoms with Gasteiger partial charge >= 0.3 is 5.97 Å². The second-order valence-corrected chi connectivity index (χ2v) is 3.32. The normalized spacial score (nSPS) is 10.5. The number of rotatable bonds is 1. The van der Waals surface area contributed by atoms with Crippen LogP contribution >= 0.6 is 11.6 Å². The molecule has 0 bridgehead atoms. The van der Waals surface area contributed by atoms with Crippen LogP contribution in [-0.2, 0) is 0 Å². The van der Waals surface area contributed by atoms with Gasteiger partial charge in [-0.15, -0.1) is 0 Å². The van der Waals surface area contributed by atoms with Crippen LogP contribution in [0.1, 0.15) is 10.4 Å². The predicted octanol–water partition coefficient (Wildman–Crippen LogP) is 2.73. The molecule has 0 spiro atoms. The van der Waals surface area contributed by atoms with Gasteiger partial charge in [0.05, 0.1) is 11.8 Å². The van der Waals surface area contributed by atoms with Crippen LogP contribution in [0.15, 0.2) is 24.4 Å². The van der Waals surface area contributed by atoms with Gasteiger partial charge in [0.2, 0.25) is 0 Å². The first kappa shape index (κ1) is 9.86. The van der Waals surface area contributed by atoms with Crippen LogP contribution in [0.3, 0.4) is 0 Å². The zero-order valence-electron chi connectivity index (χ0n) is 7.37. The van der Waals surface area contributed by atoms with Crippen LogP contribution in [0.25, 0.3) is 10.8 Å². The molecule has 0 saturated carbocycles. The van der Waals surface area contributed by atoms with Crippen molar-refractivity contribution < 1.29 is 14.3 Å². The molecule has 0 amide bonds. The van der Waals surface area contributed by atoms with Crippen molar-refractivity contribution in [2.45, 2.75) is 0 Å². The van der Waals surface area contributed by atoms with E-state index >= 15 is 0 Å². The van der Waals surface area contributed by atoms with Crippen molar-refractivity contribution in [3.63, 3.8) is 0 Å². The second-order valence-electron chi connectivity index (χ2n) is 2.96. The average molecular weight is 226 g/mol. The fourth-order valence-electron chi connectivity index (χ4n) is 1.31. The van der Waals surface area contributed by atoms with Crippen LogP contribution in [0.5, 0.6) is 0 Å². The summed E-state index contributed by atoms with van der Waals surface area (Å²) in [5.74, 6) is -1.61. The number of fused-ring (bicyclic) bond motifs is 1. The van der Waals surface area contributed by atoms with Crippen molar-refractivity contribution in [3.8, 4) is 0 Å². The van der Waals surface area contributed by atoms with E-state index in [0.717, 1.165) is 6.20 Å². The maximum absolute atomic E-state index is 13.2. The largest absolute Gasteiger partial charge is 0.478 e. The molecule has 15 heavy (non-hydrogen) atoms. The zero-order valence-corrected chi connectivity index (χ0v) is 8.12. The van der Waals surface area contributed by atoms with Crippen molar-refractivity contribution in [1.82, 2.24) is 4.98 Å². The number of aromatic carboxylic acids is 1. The number of carboxylic acids is 1. The fourth-order valence-corrected chi connectivity index (χ4v) is 1.51. The zero-order chi connectivity index (χ0) is 11.0. The highest BCUT2D eigenvalue weighted by Crippen LogP contribution is 2.24. The van der Waals surface area contributed by atoms with Gasteiger partial charge in [-0.05, 0) is 12.1 Å². The summed E-state index contributed by atoms with van der Waals surface area (Å²) in [6.07, 6.45) is 1.01. The molecule has 0 aliphatic carbocycles. The Balaban J connectivity index is 2.81. The third kappa shape index (κ3) is 1.64. The molecule has 0 aliphatic heterocycles. The van der Waals surface area contributed by atoms with Crippen LogP contribution in [0.2, 0.25) is 5.15 Å². The Bertz CT molecular complexity index is 556. The van der Waals surface area contributed by atoms with Crippen molar-refractivity contribution in [3.05, 3.63) is 40.9 Å². The van der Waals surface area contributed by atoms with Crippen molar-refractivity contribution in [2.24, 2.45) is 0 Å². The highest BCUT2D eigenvalue weighted by atomic mass is 35.5. The lowest BCUT2D eigenvalue weighted by Gasteiger charge is -2.02. The standard InChI is InChI=1S/C10H5ClFNO2/c11-9-7-3-5(10(14)15)1-2-6(7)8(12)4-13-9/h1-4H,(H,14,15). The van der Waals surface area contributed by atoms with Crippen molar-refractivity contribution in [1.29, 1.82) is 0 Å². The minimum atomic E-state index is -1.09. The van der Waals surface area contributed by atoms with Crippen molar-refractivity contribution >= 4 is 28.3 Å². The van der Waals surface area contributed by atoms with Gasteiger partial charge in [-0.2, -0.15) is 0 Å². The molecule has 1 N–H and O–H groups in total. The molecule has 1 aromatic heterocycles. The number of benzene rings is 1. The summed E-state index contributed by atoms with van der Waals surface area (Å²) in [6.45, 7) is 0. The molecule has 0 aliphatic rings. The molecule has 1 heterocycles. The molecule has 76 valence electrons. The molecule has 0 unspecified atom stereocenters. The van der Waals surface area contributed by atoms with Crippen LogP contribution in [-0.4, -0.2) is 16.1 Å². The number of nitrogens with zero attached hydrogens (tertiary/aromatic N) is 1. The predicted molar refractivity (Wildman–Crippen MR) is 53.7 cm³/mol. The number of halogens is 2. The lowest BCUT2D eigenvalue weighted by Crippen LogP contribution is -1.96. The molecule has 3 nitrogen and oxygen atoms in total. The lowest BCUT2D eigenvalue weighted by molar-refractivity contribution is 0.0697. The minimum absolute atomic E-state index is 0.0526. The van der Waals surface area contributed by atoms with Gasteiger partial charge in [-0.25, -0.2) is 14.2 Å². The molecular formula is C10H5ClFNO2. The molecule has 1 aromatic carbocycles.